The molecule has 0 spiro atoms. The van der Waals surface area contributed by atoms with E-state index in [9.17, 15) is 22.4 Å². The van der Waals surface area contributed by atoms with Gasteiger partial charge in [-0.1, -0.05) is 60.7 Å². The number of carbonyl (C=O) groups excluding carboxylic acids is 2. The maximum absolute atomic E-state index is 14.0. The molecule has 1 fully saturated rings. The summed E-state index contributed by atoms with van der Waals surface area (Å²) in [5.41, 5.74) is 1.89. The number of hydrogen-bond donors (Lipinski definition) is 1. The predicted octanol–water partition coefficient (Wildman–Crippen LogP) is 5.85. The van der Waals surface area contributed by atoms with Crippen molar-refractivity contribution in [1.82, 2.24) is 10.2 Å². The first-order valence-corrected chi connectivity index (χ1v) is 15.6. The quantitative estimate of drug-likeness (QED) is 0.317. The third kappa shape index (κ3) is 7.86. The first kappa shape index (κ1) is 30.5. The highest BCUT2D eigenvalue weighted by molar-refractivity contribution is 7.92. The van der Waals surface area contributed by atoms with E-state index >= 15 is 0 Å². The van der Waals surface area contributed by atoms with Crippen LogP contribution in [-0.2, 0) is 26.2 Å². The zero-order chi connectivity index (χ0) is 29.6. The maximum atomic E-state index is 14.0. The SMILES string of the molecule is Cc1ccc(N(CC(=O)N(Cc2cccc(Cl)c2)[C@@H](C)C(=O)NC2CCCCC2)S(=O)(=O)c2ccc(F)cc2)cc1. The van der Waals surface area contributed by atoms with Gasteiger partial charge in [0.1, 0.15) is 18.4 Å². The van der Waals surface area contributed by atoms with Gasteiger partial charge in [0.2, 0.25) is 11.8 Å². The molecular formula is C31H35ClFN3O4S. The van der Waals surface area contributed by atoms with E-state index in [4.69, 9.17) is 11.6 Å². The van der Waals surface area contributed by atoms with Crippen molar-refractivity contribution in [3.8, 4) is 0 Å². The van der Waals surface area contributed by atoms with E-state index in [0.717, 1.165) is 54.1 Å². The minimum atomic E-state index is -4.26. The number of hydrogen-bond acceptors (Lipinski definition) is 4. The summed E-state index contributed by atoms with van der Waals surface area (Å²) in [7, 11) is -4.26. The van der Waals surface area contributed by atoms with Crippen LogP contribution in [0.1, 0.15) is 50.2 Å². The van der Waals surface area contributed by atoms with Gasteiger partial charge in [-0.15, -0.1) is 0 Å². The Kier molecular flexibility index (Phi) is 10.0. The second kappa shape index (κ2) is 13.5. The fourth-order valence-corrected chi connectivity index (χ4v) is 6.58. The number of sulfonamides is 1. The molecule has 0 bridgehead atoms. The van der Waals surface area contributed by atoms with E-state index in [-0.39, 0.29) is 29.1 Å². The summed E-state index contributed by atoms with van der Waals surface area (Å²) in [6.07, 6.45) is 4.99. The third-order valence-corrected chi connectivity index (χ3v) is 9.39. The molecule has 0 aliphatic heterocycles. The zero-order valence-electron chi connectivity index (χ0n) is 23.2. The first-order chi connectivity index (χ1) is 19.5. The summed E-state index contributed by atoms with van der Waals surface area (Å²) in [6.45, 7) is 3.00. The van der Waals surface area contributed by atoms with Crippen molar-refractivity contribution in [2.75, 3.05) is 10.8 Å². The van der Waals surface area contributed by atoms with E-state index in [1.54, 1.807) is 55.5 Å². The Hall–Kier alpha value is -3.43. The number of benzene rings is 3. The molecule has 0 saturated heterocycles. The van der Waals surface area contributed by atoms with Crippen molar-refractivity contribution in [3.05, 3.63) is 94.8 Å². The van der Waals surface area contributed by atoms with Gasteiger partial charge in [-0.3, -0.25) is 13.9 Å². The topological polar surface area (TPSA) is 86.8 Å². The zero-order valence-corrected chi connectivity index (χ0v) is 24.8. The van der Waals surface area contributed by atoms with Crippen molar-refractivity contribution in [2.45, 2.75) is 69.5 Å². The minimum absolute atomic E-state index is 0.0460. The number of anilines is 1. The molecule has 1 atom stereocenters. The summed E-state index contributed by atoms with van der Waals surface area (Å²) in [6, 6.07) is 17.3. The maximum Gasteiger partial charge on any atom is 0.264 e. The standard InChI is InChI=1S/C31H35ClFN3O4S/c1-22-11-15-28(16-12-22)36(41(39,40)29-17-13-26(33)14-18-29)21-30(37)35(20-24-7-6-8-25(32)19-24)23(2)31(38)34-27-9-4-3-5-10-27/h6-8,11-19,23,27H,3-5,9-10,20-21H2,1-2H3,(H,34,38)/t23-/m0/s1. The highest BCUT2D eigenvalue weighted by atomic mass is 35.5. The number of nitrogens with one attached hydrogen (secondary N) is 1. The number of carbonyl (C=O) groups is 2. The Balaban J connectivity index is 1.67. The summed E-state index contributed by atoms with van der Waals surface area (Å²) in [4.78, 5) is 28.6. The second-order valence-electron chi connectivity index (χ2n) is 10.5. The molecule has 1 N–H and O–H groups in total. The monoisotopic (exact) mass is 599 g/mol. The van der Waals surface area contributed by atoms with Gasteiger partial charge in [-0.25, -0.2) is 12.8 Å². The highest BCUT2D eigenvalue weighted by Crippen LogP contribution is 2.26. The van der Waals surface area contributed by atoms with E-state index in [2.05, 4.69) is 5.32 Å². The van der Waals surface area contributed by atoms with Crippen LogP contribution in [0.25, 0.3) is 0 Å². The number of rotatable bonds is 10. The van der Waals surface area contributed by atoms with Gasteiger partial charge >= 0.3 is 0 Å². The summed E-state index contributed by atoms with van der Waals surface area (Å²) in [5.74, 6) is -1.44. The molecule has 2 amide bonds. The second-order valence-corrected chi connectivity index (χ2v) is 12.8. The molecule has 218 valence electrons. The molecule has 1 aliphatic rings. The Morgan fingerprint density at radius 3 is 2.29 bits per heavy atom. The van der Waals surface area contributed by atoms with Gasteiger partial charge in [0.25, 0.3) is 10.0 Å². The van der Waals surface area contributed by atoms with Crippen LogP contribution in [0.4, 0.5) is 10.1 Å². The lowest BCUT2D eigenvalue weighted by Crippen LogP contribution is -2.53. The Morgan fingerprint density at radius 1 is 1.00 bits per heavy atom. The van der Waals surface area contributed by atoms with Crippen molar-refractivity contribution in [3.63, 3.8) is 0 Å². The van der Waals surface area contributed by atoms with Crippen molar-refractivity contribution >= 4 is 39.1 Å². The molecule has 10 heteroatoms. The Bertz CT molecular complexity index is 1460. The predicted molar refractivity (Wildman–Crippen MR) is 159 cm³/mol. The van der Waals surface area contributed by atoms with Gasteiger partial charge in [0.15, 0.2) is 0 Å². The van der Waals surface area contributed by atoms with Crippen molar-refractivity contribution in [2.24, 2.45) is 0 Å². The number of halogens is 2. The van der Waals surface area contributed by atoms with Gasteiger partial charge in [-0.05, 0) is 80.8 Å². The molecule has 0 aromatic heterocycles. The van der Waals surface area contributed by atoms with Crippen molar-refractivity contribution in [1.29, 1.82) is 0 Å². The molecule has 0 heterocycles. The Morgan fingerprint density at radius 2 is 1.66 bits per heavy atom. The number of nitrogens with zero attached hydrogens (tertiary/aromatic N) is 2. The van der Waals surface area contributed by atoms with Crippen LogP contribution in [0.15, 0.2) is 77.7 Å². The van der Waals surface area contributed by atoms with Gasteiger partial charge in [-0.2, -0.15) is 0 Å². The Labute approximate surface area is 246 Å². The lowest BCUT2D eigenvalue weighted by Gasteiger charge is -2.33. The summed E-state index contributed by atoms with van der Waals surface area (Å²) in [5, 5.41) is 3.56. The van der Waals surface area contributed by atoms with E-state index in [1.807, 2.05) is 6.92 Å². The van der Waals surface area contributed by atoms with Crippen LogP contribution in [0.2, 0.25) is 5.02 Å². The molecule has 3 aromatic carbocycles. The molecule has 4 rings (SSSR count). The fourth-order valence-electron chi connectivity index (χ4n) is 4.96. The van der Waals surface area contributed by atoms with Crippen LogP contribution < -0.4 is 9.62 Å². The smallest absolute Gasteiger partial charge is 0.264 e. The lowest BCUT2D eigenvalue weighted by molar-refractivity contribution is -0.139. The molecule has 3 aromatic rings. The highest BCUT2D eigenvalue weighted by Gasteiger charge is 2.33. The third-order valence-electron chi connectivity index (χ3n) is 7.36. The van der Waals surface area contributed by atoms with Crippen LogP contribution in [-0.4, -0.2) is 43.8 Å². The molecule has 0 radical (unpaired) electrons. The molecule has 1 aliphatic carbocycles. The van der Waals surface area contributed by atoms with Gasteiger partial charge < -0.3 is 10.2 Å². The average Bonchev–Trinajstić information content (AvgIpc) is 2.95. The minimum Gasteiger partial charge on any atom is -0.352 e. The normalized spacial score (nSPS) is 14.7. The van der Waals surface area contributed by atoms with E-state index in [1.165, 1.54) is 17.0 Å². The summed E-state index contributed by atoms with van der Waals surface area (Å²) >= 11 is 6.20. The molecule has 7 nitrogen and oxygen atoms in total. The van der Waals surface area contributed by atoms with Crippen molar-refractivity contribution < 1.29 is 22.4 Å². The van der Waals surface area contributed by atoms with Crippen LogP contribution >= 0.6 is 11.6 Å². The molecular weight excluding hydrogens is 565 g/mol. The largest absolute Gasteiger partial charge is 0.352 e. The number of amides is 2. The average molecular weight is 600 g/mol. The van der Waals surface area contributed by atoms with Crippen LogP contribution in [0.3, 0.4) is 0 Å². The molecule has 1 saturated carbocycles. The number of aryl methyl sites for hydroxylation is 1. The molecule has 0 unspecified atom stereocenters. The van der Waals surface area contributed by atoms with Gasteiger partial charge in [0.05, 0.1) is 10.6 Å². The lowest BCUT2D eigenvalue weighted by atomic mass is 9.95. The molecule has 41 heavy (non-hydrogen) atoms. The first-order valence-electron chi connectivity index (χ1n) is 13.7. The van der Waals surface area contributed by atoms with Gasteiger partial charge in [0, 0.05) is 17.6 Å². The van der Waals surface area contributed by atoms with Crippen LogP contribution in [0, 0.1) is 12.7 Å². The van der Waals surface area contributed by atoms with Crippen LogP contribution in [0.5, 0.6) is 0 Å². The summed E-state index contributed by atoms with van der Waals surface area (Å²) < 4.78 is 42.2. The fraction of sp³-hybridized carbons (Fsp3) is 0.355. The van der Waals surface area contributed by atoms with E-state index in [0.29, 0.717) is 10.6 Å². The van der Waals surface area contributed by atoms with E-state index < -0.39 is 34.3 Å².